The van der Waals surface area contributed by atoms with E-state index in [9.17, 15) is 4.39 Å². The third kappa shape index (κ3) is 0.879. The monoisotopic (exact) mass is 166 g/mol. The minimum absolute atomic E-state index is 0.333. The zero-order chi connectivity index (χ0) is 8.72. The van der Waals surface area contributed by atoms with Gasteiger partial charge in [0.2, 0.25) is 0 Å². The van der Waals surface area contributed by atoms with Crippen molar-refractivity contribution in [3.8, 4) is 0 Å². The fourth-order valence-corrected chi connectivity index (χ4v) is 1.66. The fraction of sp³-hybridized carbons (Fsp3) is 0.400. The zero-order valence-electron chi connectivity index (χ0n) is 7.17. The molecule has 0 aromatic heterocycles. The van der Waals surface area contributed by atoms with Crippen LogP contribution in [0.4, 0.5) is 4.39 Å². The van der Waals surface area contributed by atoms with Gasteiger partial charge in [0.1, 0.15) is 6.10 Å². The molecule has 64 valence electrons. The van der Waals surface area contributed by atoms with E-state index >= 15 is 0 Å². The van der Waals surface area contributed by atoms with E-state index in [1.165, 1.54) is 0 Å². The van der Waals surface area contributed by atoms with Crippen LogP contribution in [-0.2, 0) is 4.74 Å². The number of fused-ring (bicyclic) bond motifs is 1. The smallest absolute Gasteiger partial charge is 0.156 e. The van der Waals surface area contributed by atoms with E-state index in [2.05, 4.69) is 0 Å². The molecule has 1 aromatic rings. The van der Waals surface area contributed by atoms with E-state index in [4.69, 9.17) is 4.74 Å². The number of benzene rings is 1. The molecule has 0 saturated carbocycles. The van der Waals surface area contributed by atoms with Gasteiger partial charge in [-0.05, 0) is 18.1 Å². The Bertz CT molecular complexity index is 309. The highest BCUT2D eigenvalue weighted by Gasteiger charge is 2.37. The number of hydrogen-bond acceptors (Lipinski definition) is 1. The molecule has 12 heavy (non-hydrogen) atoms. The molecule has 1 aliphatic carbocycles. The van der Waals surface area contributed by atoms with Crippen molar-refractivity contribution in [2.24, 2.45) is 0 Å². The second-order valence-corrected chi connectivity index (χ2v) is 3.19. The fourth-order valence-electron chi connectivity index (χ4n) is 1.66. The molecule has 1 unspecified atom stereocenters. The van der Waals surface area contributed by atoms with Crippen LogP contribution in [-0.4, -0.2) is 7.11 Å². The molecular weight excluding hydrogens is 155 g/mol. The minimum Gasteiger partial charge on any atom is -0.373 e. The van der Waals surface area contributed by atoms with Gasteiger partial charge in [0, 0.05) is 7.11 Å². The zero-order valence-corrected chi connectivity index (χ0v) is 7.17. The molecule has 1 aliphatic rings. The minimum atomic E-state index is -0.926. The van der Waals surface area contributed by atoms with Gasteiger partial charge in [0.05, 0.1) is 0 Å². The molecular formula is C10H11FO. The number of aryl methyl sites for hydroxylation is 1. The molecule has 0 fully saturated rings. The standard InChI is InChI=1S/C10H11FO/c1-6-3-4-7-8(5-6)9(11)10(7)12-2/h3-5,9-10H,1-2H3/t9-,10?/m0/s1. The Balaban J connectivity index is 2.41. The number of rotatable bonds is 1. The van der Waals surface area contributed by atoms with Crippen LogP contribution in [0.5, 0.6) is 0 Å². The molecule has 1 aromatic carbocycles. The normalized spacial score (nSPS) is 26.2. The Morgan fingerprint density at radius 2 is 2.08 bits per heavy atom. The first-order valence-electron chi connectivity index (χ1n) is 4.01. The van der Waals surface area contributed by atoms with E-state index in [1.54, 1.807) is 7.11 Å². The lowest BCUT2D eigenvalue weighted by Crippen LogP contribution is -2.22. The van der Waals surface area contributed by atoms with Crippen molar-refractivity contribution >= 4 is 0 Å². The Hall–Kier alpha value is -0.890. The lowest BCUT2D eigenvalue weighted by Gasteiger charge is -2.33. The van der Waals surface area contributed by atoms with Crippen LogP contribution in [0.25, 0.3) is 0 Å². The van der Waals surface area contributed by atoms with Gasteiger partial charge in [-0.3, -0.25) is 0 Å². The van der Waals surface area contributed by atoms with E-state index in [-0.39, 0.29) is 6.10 Å². The Labute approximate surface area is 71.2 Å². The van der Waals surface area contributed by atoms with Crippen molar-refractivity contribution in [2.45, 2.75) is 19.2 Å². The molecule has 2 rings (SSSR count). The maximum Gasteiger partial charge on any atom is 0.156 e. The molecule has 2 heteroatoms. The maximum atomic E-state index is 13.2. The summed E-state index contributed by atoms with van der Waals surface area (Å²) >= 11 is 0. The van der Waals surface area contributed by atoms with Gasteiger partial charge in [-0.1, -0.05) is 23.8 Å². The lowest BCUT2D eigenvalue weighted by molar-refractivity contribution is 0.00349. The molecule has 1 nitrogen and oxygen atoms in total. The lowest BCUT2D eigenvalue weighted by atomic mass is 9.82. The predicted octanol–water partition coefficient (Wildman–Crippen LogP) is 2.71. The average molecular weight is 166 g/mol. The van der Waals surface area contributed by atoms with Crippen molar-refractivity contribution in [1.82, 2.24) is 0 Å². The summed E-state index contributed by atoms with van der Waals surface area (Å²) in [5.41, 5.74) is 2.89. The van der Waals surface area contributed by atoms with Gasteiger partial charge in [0.25, 0.3) is 0 Å². The highest BCUT2D eigenvalue weighted by atomic mass is 19.1. The predicted molar refractivity (Wildman–Crippen MR) is 44.8 cm³/mol. The maximum absolute atomic E-state index is 13.2. The Morgan fingerprint density at radius 1 is 1.33 bits per heavy atom. The third-order valence-electron chi connectivity index (χ3n) is 2.37. The van der Waals surface area contributed by atoms with Crippen molar-refractivity contribution in [3.63, 3.8) is 0 Å². The summed E-state index contributed by atoms with van der Waals surface area (Å²) in [5, 5.41) is 0. The molecule has 0 bridgehead atoms. The van der Waals surface area contributed by atoms with Crippen LogP contribution in [0.15, 0.2) is 18.2 Å². The number of hydrogen-bond donors (Lipinski definition) is 0. The second kappa shape index (κ2) is 2.56. The van der Waals surface area contributed by atoms with E-state index in [0.29, 0.717) is 0 Å². The second-order valence-electron chi connectivity index (χ2n) is 3.19. The molecule has 0 N–H and O–H groups in total. The highest BCUT2D eigenvalue weighted by molar-refractivity contribution is 5.43. The van der Waals surface area contributed by atoms with Crippen molar-refractivity contribution in [3.05, 3.63) is 34.9 Å². The molecule has 0 heterocycles. The van der Waals surface area contributed by atoms with Crippen LogP contribution in [0.2, 0.25) is 0 Å². The number of ether oxygens (including phenoxy) is 1. The first-order chi connectivity index (χ1) is 5.74. The van der Waals surface area contributed by atoms with Crippen LogP contribution in [0, 0.1) is 6.92 Å². The summed E-state index contributed by atoms with van der Waals surface area (Å²) in [6.07, 6.45) is -1.26. The van der Waals surface area contributed by atoms with Crippen LogP contribution in [0.3, 0.4) is 0 Å². The number of alkyl halides is 1. The summed E-state index contributed by atoms with van der Waals surface area (Å²) in [6.45, 7) is 1.97. The van der Waals surface area contributed by atoms with Crippen LogP contribution in [0.1, 0.15) is 29.0 Å². The van der Waals surface area contributed by atoms with Crippen LogP contribution >= 0.6 is 0 Å². The highest BCUT2D eigenvalue weighted by Crippen LogP contribution is 2.47. The van der Waals surface area contributed by atoms with E-state index < -0.39 is 6.17 Å². The van der Waals surface area contributed by atoms with Crippen LogP contribution < -0.4 is 0 Å². The molecule has 2 atom stereocenters. The van der Waals surface area contributed by atoms with Crippen molar-refractivity contribution < 1.29 is 9.13 Å². The quantitative estimate of drug-likeness (QED) is 0.623. The Morgan fingerprint density at radius 3 is 2.75 bits per heavy atom. The SMILES string of the molecule is COC1c2ccc(C)cc2[C@@H]1F. The first-order valence-corrected chi connectivity index (χ1v) is 4.01. The van der Waals surface area contributed by atoms with E-state index in [0.717, 1.165) is 16.7 Å². The topological polar surface area (TPSA) is 9.23 Å². The first kappa shape index (κ1) is 7.74. The van der Waals surface area contributed by atoms with Gasteiger partial charge in [-0.25, -0.2) is 4.39 Å². The van der Waals surface area contributed by atoms with E-state index in [1.807, 2.05) is 25.1 Å². The molecule has 0 amide bonds. The summed E-state index contributed by atoms with van der Waals surface area (Å²) in [5.74, 6) is 0. The summed E-state index contributed by atoms with van der Waals surface area (Å²) < 4.78 is 18.2. The average Bonchev–Trinajstić information content (AvgIpc) is 2.07. The van der Waals surface area contributed by atoms with Gasteiger partial charge in [-0.2, -0.15) is 0 Å². The van der Waals surface area contributed by atoms with Gasteiger partial charge in [0.15, 0.2) is 6.17 Å². The summed E-state index contributed by atoms with van der Waals surface area (Å²) in [6, 6.07) is 5.81. The third-order valence-corrected chi connectivity index (χ3v) is 2.37. The summed E-state index contributed by atoms with van der Waals surface area (Å²) in [4.78, 5) is 0. The number of methoxy groups -OCH3 is 1. The molecule has 0 saturated heterocycles. The molecule has 0 aliphatic heterocycles. The summed E-state index contributed by atoms with van der Waals surface area (Å²) in [7, 11) is 1.54. The number of halogens is 1. The van der Waals surface area contributed by atoms with Gasteiger partial charge in [-0.15, -0.1) is 0 Å². The van der Waals surface area contributed by atoms with Gasteiger partial charge < -0.3 is 4.74 Å². The van der Waals surface area contributed by atoms with Crippen molar-refractivity contribution in [1.29, 1.82) is 0 Å². The molecule has 0 radical (unpaired) electrons. The van der Waals surface area contributed by atoms with Gasteiger partial charge >= 0.3 is 0 Å². The van der Waals surface area contributed by atoms with Crippen molar-refractivity contribution in [2.75, 3.05) is 7.11 Å². The largest absolute Gasteiger partial charge is 0.373 e. The Kier molecular flexibility index (Phi) is 1.65. The molecule has 0 spiro atoms.